The lowest BCUT2D eigenvalue weighted by Gasteiger charge is -2.15. The van der Waals surface area contributed by atoms with Crippen LogP contribution in [0.4, 0.5) is 5.69 Å². The zero-order valence-corrected chi connectivity index (χ0v) is 16.0. The van der Waals surface area contributed by atoms with E-state index < -0.39 is 10.0 Å². The summed E-state index contributed by atoms with van der Waals surface area (Å²) in [5.41, 5.74) is 0.392. The Balaban J connectivity index is 2.37. The van der Waals surface area contributed by atoms with Gasteiger partial charge in [-0.05, 0) is 43.7 Å². The predicted molar refractivity (Wildman–Crippen MR) is 101 cm³/mol. The Kier molecular flexibility index (Phi) is 6.32. The monoisotopic (exact) mass is 400 g/mol. The molecule has 0 radical (unpaired) electrons. The molecule has 0 heterocycles. The Bertz CT molecular complexity index is 885. The SMILES string of the molecule is CCC(C)NC(=O)c1ccccc1NS(=O)(=O)c1cc(Cl)ccc1Cl. The maximum atomic E-state index is 12.6. The summed E-state index contributed by atoms with van der Waals surface area (Å²) in [6, 6.07) is 10.5. The van der Waals surface area contributed by atoms with E-state index in [9.17, 15) is 13.2 Å². The number of para-hydroxylation sites is 1. The van der Waals surface area contributed by atoms with Crippen molar-refractivity contribution in [1.82, 2.24) is 5.32 Å². The molecule has 0 aliphatic carbocycles. The molecule has 2 rings (SSSR count). The Morgan fingerprint density at radius 2 is 1.84 bits per heavy atom. The number of anilines is 1. The number of sulfonamides is 1. The molecule has 0 aromatic heterocycles. The first-order chi connectivity index (χ1) is 11.7. The maximum absolute atomic E-state index is 12.6. The van der Waals surface area contributed by atoms with E-state index in [1.807, 2.05) is 13.8 Å². The van der Waals surface area contributed by atoms with Crippen LogP contribution in [0.3, 0.4) is 0 Å². The molecule has 5 nitrogen and oxygen atoms in total. The molecular formula is C17H18Cl2N2O3S. The number of halogens is 2. The van der Waals surface area contributed by atoms with Crippen molar-refractivity contribution in [3.05, 3.63) is 58.1 Å². The molecule has 8 heteroatoms. The van der Waals surface area contributed by atoms with Crippen LogP contribution in [0.25, 0.3) is 0 Å². The fourth-order valence-electron chi connectivity index (χ4n) is 2.06. The minimum absolute atomic E-state index is 0.0282. The van der Waals surface area contributed by atoms with Gasteiger partial charge in [-0.3, -0.25) is 9.52 Å². The van der Waals surface area contributed by atoms with E-state index in [2.05, 4.69) is 10.0 Å². The van der Waals surface area contributed by atoms with Gasteiger partial charge in [0.2, 0.25) is 0 Å². The molecule has 25 heavy (non-hydrogen) atoms. The maximum Gasteiger partial charge on any atom is 0.263 e. The number of hydrogen-bond donors (Lipinski definition) is 2. The van der Waals surface area contributed by atoms with Crippen LogP contribution in [0, 0.1) is 0 Å². The normalized spacial score (nSPS) is 12.5. The number of rotatable bonds is 6. The Morgan fingerprint density at radius 1 is 1.16 bits per heavy atom. The first-order valence-electron chi connectivity index (χ1n) is 7.62. The van der Waals surface area contributed by atoms with Crippen LogP contribution in [0.1, 0.15) is 30.6 Å². The minimum Gasteiger partial charge on any atom is -0.350 e. The van der Waals surface area contributed by atoms with Gasteiger partial charge in [-0.15, -0.1) is 0 Å². The molecule has 1 unspecified atom stereocenters. The molecule has 2 aromatic rings. The number of carbonyl (C=O) groups excluding carboxylic acids is 1. The molecule has 0 fully saturated rings. The van der Waals surface area contributed by atoms with Crippen molar-refractivity contribution in [3.8, 4) is 0 Å². The second-order valence-corrected chi connectivity index (χ2v) is 8.00. The molecule has 0 bridgehead atoms. The smallest absolute Gasteiger partial charge is 0.263 e. The van der Waals surface area contributed by atoms with Gasteiger partial charge in [0.05, 0.1) is 16.3 Å². The lowest BCUT2D eigenvalue weighted by molar-refractivity contribution is 0.0940. The largest absolute Gasteiger partial charge is 0.350 e. The summed E-state index contributed by atoms with van der Waals surface area (Å²) >= 11 is 11.8. The summed E-state index contributed by atoms with van der Waals surface area (Å²) in [6.45, 7) is 3.82. The number of amides is 1. The Hall–Kier alpha value is -1.76. The van der Waals surface area contributed by atoms with E-state index in [0.29, 0.717) is 0 Å². The number of nitrogens with one attached hydrogen (secondary N) is 2. The molecule has 0 saturated heterocycles. The Morgan fingerprint density at radius 3 is 2.52 bits per heavy atom. The van der Waals surface area contributed by atoms with Crippen LogP contribution in [0.15, 0.2) is 47.4 Å². The quantitative estimate of drug-likeness (QED) is 0.757. The fraction of sp³-hybridized carbons (Fsp3) is 0.235. The van der Waals surface area contributed by atoms with Crippen LogP contribution in [-0.2, 0) is 10.0 Å². The highest BCUT2D eigenvalue weighted by Crippen LogP contribution is 2.27. The van der Waals surface area contributed by atoms with Crippen molar-refractivity contribution in [2.24, 2.45) is 0 Å². The molecule has 134 valence electrons. The number of hydrogen-bond acceptors (Lipinski definition) is 3. The van der Waals surface area contributed by atoms with Crippen molar-refractivity contribution >= 4 is 44.8 Å². The zero-order chi connectivity index (χ0) is 18.6. The van der Waals surface area contributed by atoms with E-state index in [4.69, 9.17) is 23.2 Å². The van der Waals surface area contributed by atoms with Gasteiger partial charge in [0.25, 0.3) is 15.9 Å². The van der Waals surface area contributed by atoms with Crippen molar-refractivity contribution in [3.63, 3.8) is 0 Å². The summed E-state index contributed by atoms with van der Waals surface area (Å²) in [7, 11) is -4.00. The predicted octanol–water partition coefficient (Wildman–Crippen LogP) is 4.32. The first-order valence-corrected chi connectivity index (χ1v) is 9.86. The molecule has 2 N–H and O–H groups in total. The highest BCUT2D eigenvalue weighted by molar-refractivity contribution is 7.92. The summed E-state index contributed by atoms with van der Waals surface area (Å²) in [5, 5.41) is 3.09. The molecule has 0 spiro atoms. The average molecular weight is 401 g/mol. The van der Waals surface area contributed by atoms with Gasteiger partial charge in [0.15, 0.2) is 0 Å². The highest BCUT2D eigenvalue weighted by Gasteiger charge is 2.21. The van der Waals surface area contributed by atoms with Gasteiger partial charge in [0, 0.05) is 11.1 Å². The van der Waals surface area contributed by atoms with Gasteiger partial charge in [-0.2, -0.15) is 0 Å². The summed E-state index contributed by atoms with van der Waals surface area (Å²) in [6.07, 6.45) is 0.762. The first kappa shape index (κ1) is 19.6. The van der Waals surface area contributed by atoms with E-state index >= 15 is 0 Å². The van der Waals surface area contributed by atoms with Crippen LogP contribution in [0.5, 0.6) is 0 Å². The molecule has 0 saturated carbocycles. The van der Waals surface area contributed by atoms with Gasteiger partial charge < -0.3 is 5.32 Å². The second-order valence-electron chi connectivity index (χ2n) is 5.51. The van der Waals surface area contributed by atoms with E-state index in [1.54, 1.807) is 18.2 Å². The van der Waals surface area contributed by atoms with Gasteiger partial charge in [-0.25, -0.2) is 8.42 Å². The average Bonchev–Trinajstić information content (AvgIpc) is 2.56. The standard InChI is InChI=1S/C17H18Cl2N2O3S/c1-3-11(2)20-17(22)13-6-4-5-7-15(13)21-25(23,24)16-10-12(18)8-9-14(16)19/h4-11,21H,3H2,1-2H3,(H,20,22). The molecule has 1 amide bonds. The van der Waals surface area contributed by atoms with Crippen LogP contribution in [-0.4, -0.2) is 20.4 Å². The second kappa shape index (κ2) is 8.08. The third kappa shape index (κ3) is 4.87. The lowest BCUT2D eigenvalue weighted by atomic mass is 10.1. The summed E-state index contributed by atoms with van der Waals surface area (Å²) in [4.78, 5) is 12.2. The van der Waals surface area contributed by atoms with E-state index in [1.165, 1.54) is 24.3 Å². The number of benzene rings is 2. The molecule has 2 aromatic carbocycles. The summed E-state index contributed by atoms with van der Waals surface area (Å²) in [5.74, 6) is -0.357. The van der Waals surface area contributed by atoms with Crippen molar-refractivity contribution < 1.29 is 13.2 Å². The Labute approximate surface area is 157 Å². The van der Waals surface area contributed by atoms with Crippen molar-refractivity contribution in [2.45, 2.75) is 31.2 Å². The van der Waals surface area contributed by atoms with Gasteiger partial charge in [0.1, 0.15) is 4.90 Å². The van der Waals surface area contributed by atoms with Crippen LogP contribution in [0.2, 0.25) is 10.0 Å². The zero-order valence-electron chi connectivity index (χ0n) is 13.7. The topological polar surface area (TPSA) is 75.3 Å². The van der Waals surface area contributed by atoms with E-state index in [-0.39, 0.29) is 38.1 Å². The molecule has 0 aliphatic heterocycles. The molecule has 1 atom stereocenters. The third-order valence-electron chi connectivity index (χ3n) is 3.59. The molecular weight excluding hydrogens is 383 g/mol. The van der Waals surface area contributed by atoms with Crippen molar-refractivity contribution in [2.75, 3.05) is 4.72 Å². The van der Waals surface area contributed by atoms with Crippen LogP contribution >= 0.6 is 23.2 Å². The number of carbonyl (C=O) groups is 1. The van der Waals surface area contributed by atoms with Gasteiger partial charge >= 0.3 is 0 Å². The van der Waals surface area contributed by atoms with E-state index in [0.717, 1.165) is 6.42 Å². The summed E-state index contributed by atoms with van der Waals surface area (Å²) < 4.78 is 27.7. The molecule has 0 aliphatic rings. The van der Waals surface area contributed by atoms with Gasteiger partial charge in [-0.1, -0.05) is 42.3 Å². The lowest BCUT2D eigenvalue weighted by Crippen LogP contribution is -2.32. The van der Waals surface area contributed by atoms with Crippen LogP contribution < -0.4 is 10.0 Å². The fourth-order valence-corrected chi connectivity index (χ4v) is 3.90. The third-order valence-corrected chi connectivity index (χ3v) is 5.67. The van der Waals surface area contributed by atoms with Crippen molar-refractivity contribution in [1.29, 1.82) is 0 Å². The minimum atomic E-state index is -4.00. The highest BCUT2D eigenvalue weighted by atomic mass is 35.5.